The fraction of sp³-hybridized carbons (Fsp3) is 0.667. The van der Waals surface area contributed by atoms with Gasteiger partial charge in [-0.3, -0.25) is 30.3 Å². The third-order valence-electron chi connectivity index (χ3n) is 3.87. The van der Waals surface area contributed by atoms with Gasteiger partial charge in [-0.25, -0.2) is 0 Å². The van der Waals surface area contributed by atoms with Crippen molar-refractivity contribution in [1.29, 1.82) is 0 Å². The number of allylic oxidation sites excluding steroid dienone is 1. The van der Waals surface area contributed by atoms with Crippen LogP contribution in [0.5, 0.6) is 0 Å². The molecule has 0 aromatic rings. The van der Waals surface area contributed by atoms with Crippen LogP contribution in [0.15, 0.2) is 23.0 Å². The third kappa shape index (κ3) is 2.50. The molecule has 0 saturated carbocycles. The fourth-order valence-corrected chi connectivity index (χ4v) is 2.85. The lowest BCUT2D eigenvalue weighted by atomic mass is 9.65. The van der Waals surface area contributed by atoms with Gasteiger partial charge in [0.05, 0.1) is 21.5 Å². The van der Waals surface area contributed by atoms with Gasteiger partial charge in [0, 0.05) is 11.8 Å². The van der Waals surface area contributed by atoms with Crippen molar-refractivity contribution < 1.29 is 14.8 Å². The van der Waals surface area contributed by atoms with E-state index in [2.05, 4.69) is 0 Å². The van der Waals surface area contributed by atoms with E-state index in [0.29, 0.717) is 0 Å². The third-order valence-corrected chi connectivity index (χ3v) is 3.87. The maximum atomic E-state index is 11.6. The van der Waals surface area contributed by atoms with Crippen molar-refractivity contribution in [3.05, 3.63) is 53.4 Å². The summed E-state index contributed by atoms with van der Waals surface area (Å²) < 4.78 is 0. The SMILES string of the molecule is CC1C([N+](=O)[O-])=CC([N+](=O)[O-])=C(C(C)(C)C)C1(C)[N+](=O)[O-]. The van der Waals surface area contributed by atoms with Gasteiger partial charge in [0.15, 0.2) is 0 Å². The first-order valence-corrected chi connectivity index (χ1v) is 6.25. The van der Waals surface area contributed by atoms with E-state index in [1.807, 2.05) is 0 Å². The number of rotatable bonds is 3. The van der Waals surface area contributed by atoms with Crippen LogP contribution in [0.2, 0.25) is 0 Å². The first-order chi connectivity index (χ1) is 9.35. The molecular weight excluding hydrogens is 282 g/mol. The monoisotopic (exact) mass is 299 g/mol. The molecule has 116 valence electrons. The van der Waals surface area contributed by atoms with E-state index in [1.165, 1.54) is 13.8 Å². The topological polar surface area (TPSA) is 129 Å². The van der Waals surface area contributed by atoms with Gasteiger partial charge in [0.2, 0.25) is 0 Å². The predicted octanol–water partition coefficient (Wildman–Crippen LogP) is 2.41. The number of nitrogens with zero attached hydrogens (tertiary/aromatic N) is 3. The molecule has 9 heteroatoms. The zero-order chi connectivity index (χ0) is 16.7. The van der Waals surface area contributed by atoms with Crippen LogP contribution in [0.3, 0.4) is 0 Å². The van der Waals surface area contributed by atoms with Gasteiger partial charge >= 0.3 is 0 Å². The molecule has 0 fully saturated rings. The standard InChI is InChI=1S/C12H17N3O6/c1-7-8(13(16)17)6-9(14(18)19)10(11(2,3)4)12(7,5)15(20)21/h6-7H,1-5H3. The second kappa shape index (κ2) is 4.90. The molecule has 0 spiro atoms. The highest BCUT2D eigenvalue weighted by Gasteiger charge is 2.61. The Morgan fingerprint density at radius 1 is 1.10 bits per heavy atom. The van der Waals surface area contributed by atoms with Crippen LogP contribution < -0.4 is 0 Å². The zero-order valence-electron chi connectivity index (χ0n) is 12.4. The van der Waals surface area contributed by atoms with E-state index in [9.17, 15) is 30.3 Å². The summed E-state index contributed by atoms with van der Waals surface area (Å²) in [5, 5.41) is 33.9. The first kappa shape index (κ1) is 16.7. The van der Waals surface area contributed by atoms with Gasteiger partial charge in [0.1, 0.15) is 5.92 Å². The maximum Gasteiger partial charge on any atom is 0.282 e. The molecule has 9 nitrogen and oxygen atoms in total. The number of nitro groups is 3. The van der Waals surface area contributed by atoms with Crippen molar-refractivity contribution in [1.82, 2.24) is 0 Å². The Morgan fingerprint density at radius 2 is 1.57 bits per heavy atom. The van der Waals surface area contributed by atoms with Gasteiger partial charge in [-0.2, -0.15) is 0 Å². The molecule has 0 saturated heterocycles. The van der Waals surface area contributed by atoms with Crippen molar-refractivity contribution in [3.8, 4) is 0 Å². The molecule has 0 aromatic heterocycles. The molecule has 2 unspecified atom stereocenters. The largest absolute Gasteiger partial charge is 0.282 e. The average Bonchev–Trinajstić information content (AvgIpc) is 2.29. The molecule has 0 radical (unpaired) electrons. The summed E-state index contributed by atoms with van der Waals surface area (Å²) in [6.07, 6.45) is 0.844. The lowest BCUT2D eigenvalue weighted by molar-refractivity contribution is -0.575. The molecule has 0 amide bonds. The van der Waals surface area contributed by atoms with Crippen molar-refractivity contribution >= 4 is 0 Å². The van der Waals surface area contributed by atoms with Gasteiger partial charge in [0.25, 0.3) is 16.9 Å². The molecule has 0 heterocycles. The van der Waals surface area contributed by atoms with Crippen LogP contribution in [0.4, 0.5) is 0 Å². The van der Waals surface area contributed by atoms with E-state index < -0.39 is 43.0 Å². The molecule has 1 aliphatic carbocycles. The van der Waals surface area contributed by atoms with Gasteiger partial charge in [-0.1, -0.05) is 20.8 Å². The normalized spacial score (nSPS) is 26.3. The molecule has 0 bridgehead atoms. The van der Waals surface area contributed by atoms with Gasteiger partial charge in [-0.05, 0) is 12.3 Å². The Hall–Kier alpha value is -2.32. The minimum atomic E-state index is -1.90. The maximum absolute atomic E-state index is 11.6. The number of hydrogen-bond donors (Lipinski definition) is 0. The lowest BCUT2D eigenvalue weighted by Crippen LogP contribution is -2.51. The second-order valence-electron chi connectivity index (χ2n) is 6.22. The highest BCUT2D eigenvalue weighted by atomic mass is 16.6. The molecular formula is C12H17N3O6. The summed E-state index contributed by atoms with van der Waals surface area (Å²) in [6, 6.07) is 0. The summed E-state index contributed by atoms with van der Waals surface area (Å²) in [5.74, 6) is -1.08. The fourth-order valence-electron chi connectivity index (χ4n) is 2.85. The van der Waals surface area contributed by atoms with Gasteiger partial charge in [-0.15, -0.1) is 0 Å². The van der Waals surface area contributed by atoms with E-state index >= 15 is 0 Å². The Bertz CT molecular complexity index is 586. The van der Waals surface area contributed by atoms with Crippen molar-refractivity contribution in [2.24, 2.45) is 11.3 Å². The zero-order valence-corrected chi connectivity index (χ0v) is 12.4. The summed E-state index contributed by atoms with van der Waals surface area (Å²) in [7, 11) is 0. The van der Waals surface area contributed by atoms with E-state index in [0.717, 1.165) is 6.08 Å². The molecule has 0 N–H and O–H groups in total. The van der Waals surface area contributed by atoms with Crippen molar-refractivity contribution in [3.63, 3.8) is 0 Å². The molecule has 1 rings (SSSR count). The van der Waals surface area contributed by atoms with Crippen LogP contribution in [-0.2, 0) is 0 Å². The highest BCUT2D eigenvalue weighted by Crippen LogP contribution is 2.47. The Labute approximate surface area is 120 Å². The van der Waals surface area contributed by atoms with E-state index in [4.69, 9.17) is 0 Å². The van der Waals surface area contributed by atoms with Crippen LogP contribution in [0, 0.1) is 41.7 Å². The van der Waals surface area contributed by atoms with Crippen LogP contribution in [-0.4, -0.2) is 20.3 Å². The summed E-state index contributed by atoms with van der Waals surface area (Å²) in [6.45, 7) is 7.40. The lowest BCUT2D eigenvalue weighted by Gasteiger charge is -2.36. The Kier molecular flexibility index (Phi) is 3.91. The Balaban J connectivity index is 3.88. The summed E-state index contributed by atoms with van der Waals surface area (Å²) in [5.41, 5.74) is -3.88. The van der Waals surface area contributed by atoms with Gasteiger partial charge < -0.3 is 0 Å². The molecule has 0 aromatic carbocycles. The van der Waals surface area contributed by atoms with E-state index in [1.54, 1.807) is 20.8 Å². The van der Waals surface area contributed by atoms with Crippen molar-refractivity contribution in [2.75, 3.05) is 0 Å². The Morgan fingerprint density at radius 3 is 1.86 bits per heavy atom. The summed E-state index contributed by atoms with van der Waals surface area (Å²) in [4.78, 5) is 31.6. The molecule has 21 heavy (non-hydrogen) atoms. The van der Waals surface area contributed by atoms with Crippen molar-refractivity contribution in [2.45, 2.75) is 40.2 Å². The van der Waals surface area contributed by atoms with Crippen LogP contribution >= 0.6 is 0 Å². The smallest absolute Gasteiger partial charge is 0.264 e. The first-order valence-electron chi connectivity index (χ1n) is 6.25. The highest BCUT2D eigenvalue weighted by molar-refractivity contribution is 5.39. The molecule has 1 aliphatic rings. The minimum Gasteiger partial charge on any atom is -0.264 e. The second-order valence-corrected chi connectivity index (χ2v) is 6.22. The van der Waals surface area contributed by atoms with Crippen LogP contribution in [0.25, 0.3) is 0 Å². The molecule has 2 atom stereocenters. The molecule has 0 aliphatic heterocycles. The minimum absolute atomic E-state index is 0.0110. The summed E-state index contributed by atoms with van der Waals surface area (Å²) >= 11 is 0. The van der Waals surface area contributed by atoms with Crippen LogP contribution in [0.1, 0.15) is 34.6 Å². The number of hydrogen-bond acceptors (Lipinski definition) is 6. The predicted molar refractivity (Wildman–Crippen MR) is 73.1 cm³/mol. The van der Waals surface area contributed by atoms with E-state index in [-0.39, 0.29) is 5.57 Å². The average molecular weight is 299 g/mol. The quantitative estimate of drug-likeness (QED) is 0.581.